The summed E-state index contributed by atoms with van der Waals surface area (Å²) < 4.78 is 12.7. The molecule has 0 spiro atoms. The molecule has 3 nitrogen and oxygen atoms in total. The first kappa shape index (κ1) is 13.7. The van der Waals surface area contributed by atoms with Gasteiger partial charge in [-0.05, 0) is 49.6 Å². The van der Waals surface area contributed by atoms with Crippen molar-refractivity contribution in [1.82, 2.24) is 10.6 Å². The first-order chi connectivity index (χ1) is 9.24. The minimum atomic E-state index is -0.273. The predicted molar refractivity (Wildman–Crippen MR) is 74.1 cm³/mol. The van der Waals surface area contributed by atoms with Crippen molar-refractivity contribution < 1.29 is 9.18 Å². The van der Waals surface area contributed by atoms with Crippen LogP contribution >= 0.6 is 0 Å². The molecule has 1 aliphatic rings. The number of hydrogen-bond donors (Lipinski definition) is 2. The summed E-state index contributed by atoms with van der Waals surface area (Å²) in [4.78, 5) is 11.6. The van der Waals surface area contributed by atoms with Crippen molar-refractivity contribution in [2.45, 2.75) is 25.3 Å². The lowest BCUT2D eigenvalue weighted by Crippen LogP contribution is -2.29. The Balaban J connectivity index is 1.69. The van der Waals surface area contributed by atoms with Crippen molar-refractivity contribution in [3.8, 4) is 0 Å². The van der Waals surface area contributed by atoms with Gasteiger partial charge in [-0.15, -0.1) is 0 Å². The Kier molecular flexibility index (Phi) is 5.10. The number of halogens is 1. The molecule has 102 valence electrons. The standard InChI is InChI=1S/C15H19FN2O/c16-13-6-3-12(4-7-13)5-8-15(19)18-11-9-14-2-1-10-17-14/h3-8,14,17H,1-2,9-11H2,(H,18,19)/b8-5+/t14-/m0/s1. The van der Waals surface area contributed by atoms with E-state index in [1.807, 2.05) is 0 Å². The van der Waals surface area contributed by atoms with Crippen LogP contribution in [0.1, 0.15) is 24.8 Å². The van der Waals surface area contributed by atoms with Crippen LogP contribution < -0.4 is 10.6 Å². The van der Waals surface area contributed by atoms with Gasteiger partial charge in [0.05, 0.1) is 0 Å². The van der Waals surface area contributed by atoms with E-state index in [0.717, 1.165) is 18.5 Å². The highest BCUT2D eigenvalue weighted by Crippen LogP contribution is 2.07. The molecule has 0 aliphatic carbocycles. The summed E-state index contributed by atoms with van der Waals surface area (Å²) in [6, 6.07) is 6.58. The lowest BCUT2D eigenvalue weighted by molar-refractivity contribution is -0.116. The molecule has 2 rings (SSSR count). The molecule has 1 atom stereocenters. The number of carbonyl (C=O) groups is 1. The van der Waals surface area contributed by atoms with Crippen molar-refractivity contribution in [1.29, 1.82) is 0 Å². The molecule has 1 heterocycles. The molecule has 0 saturated carbocycles. The molecule has 19 heavy (non-hydrogen) atoms. The van der Waals surface area contributed by atoms with Gasteiger partial charge in [0, 0.05) is 18.7 Å². The van der Waals surface area contributed by atoms with E-state index in [9.17, 15) is 9.18 Å². The third kappa shape index (κ3) is 4.83. The molecule has 1 amide bonds. The number of carbonyl (C=O) groups excluding carboxylic acids is 1. The number of benzene rings is 1. The molecule has 2 N–H and O–H groups in total. The molecular formula is C15H19FN2O. The fourth-order valence-corrected chi connectivity index (χ4v) is 2.18. The minimum Gasteiger partial charge on any atom is -0.352 e. The Morgan fingerprint density at radius 2 is 2.21 bits per heavy atom. The first-order valence-corrected chi connectivity index (χ1v) is 6.69. The Hall–Kier alpha value is -1.68. The Morgan fingerprint density at radius 1 is 1.42 bits per heavy atom. The number of hydrogen-bond acceptors (Lipinski definition) is 2. The minimum absolute atomic E-state index is 0.109. The fourth-order valence-electron chi connectivity index (χ4n) is 2.18. The van der Waals surface area contributed by atoms with Crippen molar-refractivity contribution in [2.24, 2.45) is 0 Å². The molecule has 0 bridgehead atoms. The van der Waals surface area contributed by atoms with Gasteiger partial charge in [0.1, 0.15) is 5.82 Å². The Bertz CT molecular complexity index is 436. The fraction of sp³-hybridized carbons (Fsp3) is 0.400. The predicted octanol–water partition coefficient (Wildman–Crippen LogP) is 2.10. The largest absolute Gasteiger partial charge is 0.352 e. The summed E-state index contributed by atoms with van der Waals surface area (Å²) in [5.41, 5.74) is 0.814. The average molecular weight is 262 g/mol. The van der Waals surface area contributed by atoms with E-state index in [1.54, 1.807) is 18.2 Å². The van der Waals surface area contributed by atoms with E-state index in [-0.39, 0.29) is 11.7 Å². The van der Waals surface area contributed by atoms with Crippen LogP contribution in [-0.2, 0) is 4.79 Å². The molecule has 1 aliphatic heterocycles. The molecule has 1 saturated heterocycles. The van der Waals surface area contributed by atoms with Gasteiger partial charge in [-0.2, -0.15) is 0 Å². The van der Waals surface area contributed by atoms with Crippen molar-refractivity contribution in [3.05, 3.63) is 41.7 Å². The van der Waals surface area contributed by atoms with Gasteiger partial charge in [-0.25, -0.2) is 4.39 Å². The smallest absolute Gasteiger partial charge is 0.243 e. The number of rotatable bonds is 5. The molecular weight excluding hydrogens is 243 g/mol. The van der Waals surface area contributed by atoms with Crippen LogP contribution in [0, 0.1) is 5.82 Å². The van der Waals surface area contributed by atoms with Gasteiger partial charge in [-0.3, -0.25) is 4.79 Å². The first-order valence-electron chi connectivity index (χ1n) is 6.69. The van der Waals surface area contributed by atoms with Crippen LogP contribution in [0.15, 0.2) is 30.3 Å². The Labute approximate surface area is 112 Å². The van der Waals surface area contributed by atoms with Crippen molar-refractivity contribution in [3.63, 3.8) is 0 Å². The van der Waals surface area contributed by atoms with Gasteiger partial charge < -0.3 is 10.6 Å². The zero-order chi connectivity index (χ0) is 13.5. The molecule has 1 aromatic rings. The van der Waals surface area contributed by atoms with E-state index in [0.29, 0.717) is 12.6 Å². The maximum absolute atomic E-state index is 12.7. The van der Waals surface area contributed by atoms with E-state index < -0.39 is 0 Å². The van der Waals surface area contributed by atoms with Crippen molar-refractivity contribution >= 4 is 12.0 Å². The summed E-state index contributed by atoms with van der Waals surface area (Å²) in [5, 5.41) is 6.24. The number of nitrogens with one attached hydrogen (secondary N) is 2. The zero-order valence-electron chi connectivity index (χ0n) is 10.9. The maximum Gasteiger partial charge on any atom is 0.243 e. The second kappa shape index (κ2) is 7.04. The highest BCUT2D eigenvalue weighted by Gasteiger charge is 2.12. The zero-order valence-corrected chi connectivity index (χ0v) is 10.9. The van der Waals surface area contributed by atoms with Gasteiger partial charge in [-0.1, -0.05) is 12.1 Å². The molecule has 1 fully saturated rings. The van der Waals surface area contributed by atoms with Crippen LogP contribution in [-0.4, -0.2) is 25.0 Å². The van der Waals surface area contributed by atoms with Crippen molar-refractivity contribution in [2.75, 3.05) is 13.1 Å². The monoisotopic (exact) mass is 262 g/mol. The molecule has 0 aromatic heterocycles. The maximum atomic E-state index is 12.7. The molecule has 0 unspecified atom stereocenters. The summed E-state index contributed by atoms with van der Waals surface area (Å²) in [6.45, 7) is 1.77. The van der Waals surface area contributed by atoms with Crippen LogP contribution in [0.2, 0.25) is 0 Å². The second-order valence-corrected chi connectivity index (χ2v) is 4.76. The van der Waals surface area contributed by atoms with E-state index in [1.165, 1.54) is 31.1 Å². The van der Waals surface area contributed by atoms with Crippen LogP contribution in [0.5, 0.6) is 0 Å². The molecule has 4 heteroatoms. The van der Waals surface area contributed by atoms with Crippen LogP contribution in [0.3, 0.4) is 0 Å². The summed E-state index contributed by atoms with van der Waals surface area (Å²) in [5.74, 6) is -0.381. The van der Waals surface area contributed by atoms with Crippen LogP contribution in [0.25, 0.3) is 6.08 Å². The summed E-state index contributed by atoms with van der Waals surface area (Å²) >= 11 is 0. The topological polar surface area (TPSA) is 41.1 Å². The molecule has 1 aromatic carbocycles. The highest BCUT2D eigenvalue weighted by atomic mass is 19.1. The van der Waals surface area contributed by atoms with Gasteiger partial charge in [0.15, 0.2) is 0 Å². The van der Waals surface area contributed by atoms with Gasteiger partial charge in [0.25, 0.3) is 0 Å². The Morgan fingerprint density at radius 3 is 2.89 bits per heavy atom. The third-order valence-corrected chi connectivity index (χ3v) is 3.25. The lowest BCUT2D eigenvalue weighted by Gasteiger charge is -2.09. The van der Waals surface area contributed by atoms with Gasteiger partial charge >= 0.3 is 0 Å². The normalized spacial score (nSPS) is 18.9. The summed E-state index contributed by atoms with van der Waals surface area (Å²) in [7, 11) is 0. The average Bonchev–Trinajstić information content (AvgIpc) is 2.91. The number of amides is 1. The van der Waals surface area contributed by atoms with Gasteiger partial charge in [0.2, 0.25) is 5.91 Å². The van der Waals surface area contributed by atoms with E-state index in [4.69, 9.17) is 0 Å². The third-order valence-electron chi connectivity index (χ3n) is 3.25. The molecule has 0 radical (unpaired) electrons. The van der Waals surface area contributed by atoms with E-state index in [2.05, 4.69) is 10.6 Å². The second-order valence-electron chi connectivity index (χ2n) is 4.76. The highest BCUT2D eigenvalue weighted by molar-refractivity contribution is 5.91. The summed E-state index contributed by atoms with van der Waals surface area (Å²) in [6.07, 6.45) is 6.55. The SMILES string of the molecule is O=C(/C=C/c1ccc(F)cc1)NCC[C@@H]1CCCN1. The van der Waals surface area contributed by atoms with E-state index >= 15 is 0 Å². The lowest BCUT2D eigenvalue weighted by atomic mass is 10.1. The van der Waals surface area contributed by atoms with Crippen LogP contribution in [0.4, 0.5) is 4.39 Å². The quantitative estimate of drug-likeness (QED) is 0.798.